The number of hydrogen-bond acceptors (Lipinski definition) is 3. The van der Waals surface area contributed by atoms with Crippen LogP contribution < -0.4 is 11.1 Å². The van der Waals surface area contributed by atoms with Gasteiger partial charge < -0.3 is 16.2 Å². The van der Waals surface area contributed by atoms with Crippen molar-refractivity contribution in [3.63, 3.8) is 0 Å². The molecule has 4 heteroatoms. The van der Waals surface area contributed by atoms with Gasteiger partial charge in [0.1, 0.15) is 0 Å². The topological polar surface area (TPSA) is 75.3 Å². The molecule has 1 atom stereocenters. The Hall–Kier alpha value is -1.39. The number of aliphatic hydroxyl groups excluding tert-OH is 1. The van der Waals surface area contributed by atoms with E-state index in [9.17, 15) is 9.90 Å². The van der Waals surface area contributed by atoms with E-state index < -0.39 is 0 Å². The zero-order valence-electron chi connectivity index (χ0n) is 11.7. The summed E-state index contributed by atoms with van der Waals surface area (Å²) >= 11 is 0. The average molecular weight is 264 g/mol. The molecule has 1 aromatic carbocycles. The van der Waals surface area contributed by atoms with Gasteiger partial charge >= 0.3 is 0 Å². The summed E-state index contributed by atoms with van der Waals surface area (Å²) in [6.45, 7) is 4.70. The number of hydrogen-bond donors (Lipinski definition) is 3. The van der Waals surface area contributed by atoms with Gasteiger partial charge in [-0.05, 0) is 43.0 Å². The van der Waals surface area contributed by atoms with Crippen LogP contribution in [0, 0.1) is 5.92 Å². The number of nitrogens with two attached hydrogens (primary N) is 1. The van der Waals surface area contributed by atoms with Crippen molar-refractivity contribution in [2.75, 3.05) is 13.2 Å². The fourth-order valence-electron chi connectivity index (χ4n) is 2.01. The van der Waals surface area contributed by atoms with Gasteiger partial charge in [-0.25, -0.2) is 0 Å². The monoisotopic (exact) mass is 264 g/mol. The van der Waals surface area contributed by atoms with Crippen LogP contribution >= 0.6 is 0 Å². The molecule has 1 amide bonds. The first-order valence-corrected chi connectivity index (χ1v) is 6.77. The second kappa shape index (κ2) is 7.92. The number of carbonyl (C=O) groups excluding carboxylic acids is 1. The lowest BCUT2D eigenvalue weighted by atomic mass is 10.0. The second-order valence-electron chi connectivity index (χ2n) is 5.22. The van der Waals surface area contributed by atoms with Crippen molar-refractivity contribution in [2.45, 2.75) is 32.7 Å². The minimum Gasteiger partial charge on any atom is -0.394 e. The number of carbonyl (C=O) groups is 1. The van der Waals surface area contributed by atoms with Gasteiger partial charge in [0.2, 0.25) is 0 Å². The van der Waals surface area contributed by atoms with Crippen LogP contribution in [0.4, 0.5) is 0 Å². The summed E-state index contributed by atoms with van der Waals surface area (Å²) in [7, 11) is 0. The van der Waals surface area contributed by atoms with Crippen molar-refractivity contribution in [1.29, 1.82) is 0 Å². The summed E-state index contributed by atoms with van der Waals surface area (Å²) in [6.07, 6.45) is 1.59. The fraction of sp³-hybridized carbons (Fsp3) is 0.533. The molecular formula is C15H24N2O2. The highest BCUT2D eigenvalue weighted by Gasteiger charge is 2.14. The van der Waals surface area contributed by atoms with Gasteiger partial charge in [-0.2, -0.15) is 0 Å². The van der Waals surface area contributed by atoms with E-state index in [0.29, 0.717) is 18.0 Å². The maximum absolute atomic E-state index is 12.0. The summed E-state index contributed by atoms with van der Waals surface area (Å²) in [5.74, 6) is 0.295. The van der Waals surface area contributed by atoms with Crippen LogP contribution in [0.15, 0.2) is 24.3 Å². The van der Waals surface area contributed by atoms with Crippen LogP contribution in [-0.2, 0) is 6.42 Å². The number of nitrogens with one attached hydrogen (secondary N) is 1. The Balaban J connectivity index is 2.61. The molecule has 0 saturated carbocycles. The van der Waals surface area contributed by atoms with E-state index in [1.54, 1.807) is 12.1 Å². The molecule has 0 aliphatic carbocycles. The number of aliphatic hydroxyl groups is 1. The molecule has 0 aliphatic rings. The quantitative estimate of drug-likeness (QED) is 0.695. The zero-order chi connectivity index (χ0) is 14.3. The van der Waals surface area contributed by atoms with Crippen LogP contribution in [0.3, 0.4) is 0 Å². The standard InChI is InChI=1S/C15H24N2O2/c1-11(2)9-14(10-18)17-15(19)13-5-3-12(4-6-13)7-8-16/h3-6,11,14,18H,7-10,16H2,1-2H3,(H,17,19). The van der Waals surface area contributed by atoms with Crippen LogP contribution in [0.1, 0.15) is 36.2 Å². The molecule has 0 aliphatic heterocycles. The summed E-state index contributed by atoms with van der Waals surface area (Å²) in [6, 6.07) is 7.24. The molecular weight excluding hydrogens is 240 g/mol. The largest absolute Gasteiger partial charge is 0.394 e. The number of amides is 1. The van der Waals surface area contributed by atoms with Crippen LogP contribution in [-0.4, -0.2) is 30.2 Å². The summed E-state index contributed by atoms with van der Waals surface area (Å²) in [4.78, 5) is 12.0. The van der Waals surface area contributed by atoms with Gasteiger partial charge in [0.25, 0.3) is 5.91 Å². The maximum Gasteiger partial charge on any atom is 0.251 e. The van der Waals surface area contributed by atoms with E-state index >= 15 is 0 Å². The molecule has 19 heavy (non-hydrogen) atoms. The highest BCUT2D eigenvalue weighted by atomic mass is 16.3. The van der Waals surface area contributed by atoms with E-state index in [1.165, 1.54) is 0 Å². The van der Waals surface area contributed by atoms with E-state index in [4.69, 9.17) is 5.73 Å². The minimum absolute atomic E-state index is 0.0326. The first kappa shape index (κ1) is 15.7. The van der Waals surface area contributed by atoms with Gasteiger partial charge in [-0.1, -0.05) is 26.0 Å². The predicted molar refractivity (Wildman–Crippen MR) is 77.0 cm³/mol. The lowest BCUT2D eigenvalue weighted by Crippen LogP contribution is -2.38. The first-order chi connectivity index (χ1) is 9.06. The lowest BCUT2D eigenvalue weighted by molar-refractivity contribution is 0.0908. The third-order valence-electron chi connectivity index (χ3n) is 2.96. The molecule has 0 heterocycles. The Labute approximate surface area is 115 Å². The number of benzene rings is 1. The number of rotatable bonds is 7. The van der Waals surface area contributed by atoms with Crippen molar-refractivity contribution in [1.82, 2.24) is 5.32 Å². The van der Waals surface area contributed by atoms with Crippen molar-refractivity contribution in [2.24, 2.45) is 11.7 Å². The van der Waals surface area contributed by atoms with Crippen LogP contribution in [0.25, 0.3) is 0 Å². The van der Waals surface area contributed by atoms with Crippen molar-refractivity contribution >= 4 is 5.91 Å². The smallest absolute Gasteiger partial charge is 0.251 e. The molecule has 0 fully saturated rings. The lowest BCUT2D eigenvalue weighted by Gasteiger charge is -2.18. The van der Waals surface area contributed by atoms with Gasteiger partial charge in [0.05, 0.1) is 12.6 Å². The predicted octanol–water partition coefficient (Wildman–Crippen LogP) is 1.32. The summed E-state index contributed by atoms with van der Waals surface area (Å²) in [5, 5.41) is 12.1. The van der Waals surface area contributed by atoms with E-state index in [1.807, 2.05) is 12.1 Å². The second-order valence-corrected chi connectivity index (χ2v) is 5.22. The van der Waals surface area contributed by atoms with Gasteiger partial charge in [0.15, 0.2) is 0 Å². The molecule has 1 aromatic rings. The molecule has 106 valence electrons. The van der Waals surface area contributed by atoms with Gasteiger partial charge in [-0.3, -0.25) is 4.79 Å². The van der Waals surface area contributed by atoms with E-state index in [-0.39, 0.29) is 18.6 Å². The normalized spacial score (nSPS) is 12.5. The SMILES string of the molecule is CC(C)CC(CO)NC(=O)c1ccc(CCN)cc1. The Morgan fingerprint density at radius 2 is 1.95 bits per heavy atom. The molecule has 1 rings (SSSR count). The Bertz CT molecular complexity index is 388. The summed E-state index contributed by atoms with van der Waals surface area (Å²) < 4.78 is 0. The molecule has 0 spiro atoms. The summed E-state index contributed by atoms with van der Waals surface area (Å²) in [5.41, 5.74) is 7.22. The minimum atomic E-state index is -0.184. The van der Waals surface area contributed by atoms with Gasteiger partial charge in [-0.15, -0.1) is 0 Å². The van der Waals surface area contributed by atoms with Crippen LogP contribution in [0.2, 0.25) is 0 Å². The van der Waals surface area contributed by atoms with Crippen molar-refractivity contribution < 1.29 is 9.90 Å². The average Bonchev–Trinajstić information content (AvgIpc) is 2.38. The molecule has 0 radical (unpaired) electrons. The highest BCUT2D eigenvalue weighted by molar-refractivity contribution is 5.94. The third kappa shape index (κ3) is 5.41. The zero-order valence-corrected chi connectivity index (χ0v) is 11.7. The molecule has 0 aromatic heterocycles. The molecule has 0 bridgehead atoms. The molecule has 4 nitrogen and oxygen atoms in total. The first-order valence-electron chi connectivity index (χ1n) is 6.77. The highest BCUT2D eigenvalue weighted by Crippen LogP contribution is 2.08. The van der Waals surface area contributed by atoms with Crippen molar-refractivity contribution in [3.05, 3.63) is 35.4 Å². The van der Waals surface area contributed by atoms with Gasteiger partial charge in [0, 0.05) is 5.56 Å². The molecule has 0 saturated heterocycles. The Morgan fingerprint density at radius 3 is 2.42 bits per heavy atom. The van der Waals surface area contributed by atoms with Crippen molar-refractivity contribution in [3.8, 4) is 0 Å². The molecule has 1 unspecified atom stereocenters. The van der Waals surface area contributed by atoms with E-state index in [0.717, 1.165) is 18.4 Å². The fourth-order valence-corrected chi connectivity index (χ4v) is 2.01. The third-order valence-corrected chi connectivity index (χ3v) is 2.96. The Kier molecular flexibility index (Phi) is 6.53. The van der Waals surface area contributed by atoms with Crippen LogP contribution in [0.5, 0.6) is 0 Å². The Morgan fingerprint density at radius 1 is 1.32 bits per heavy atom. The maximum atomic E-state index is 12.0. The van der Waals surface area contributed by atoms with E-state index in [2.05, 4.69) is 19.2 Å². The molecule has 4 N–H and O–H groups in total.